The fourth-order valence-corrected chi connectivity index (χ4v) is 2.83. The molecule has 0 aliphatic carbocycles. The number of rotatable bonds is 5. The lowest BCUT2D eigenvalue weighted by Crippen LogP contribution is -2.27. The van der Waals surface area contributed by atoms with Crippen LogP contribution in [0.5, 0.6) is 0 Å². The number of hydrogen-bond acceptors (Lipinski definition) is 5. The van der Waals surface area contributed by atoms with Crippen molar-refractivity contribution in [1.82, 2.24) is 9.78 Å². The zero-order valence-corrected chi connectivity index (χ0v) is 17.4. The van der Waals surface area contributed by atoms with E-state index in [1.807, 2.05) is 19.1 Å². The number of halogens is 1. The molecule has 0 radical (unpaired) electrons. The Morgan fingerprint density at radius 2 is 1.76 bits per heavy atom. The molecule has 29 heavy (non-hydrogen) atoms. The number of aromatic nitrogens is 2. The minimum Gasteiger partial charge on any atom is -0.461 e. The summed E-state index contributed by atoms with van der Waals surface area (Å²) < 4.78 is 6.97. The van der Waals surface area contributed by atoms with E-state index in [0.29, 0.717) is 11.3 Å². The van der Waals surface area contributed by atoms with E-state index in [1.54, 1.807) is 43.3 Å². The molecule has 1 N–H and O–H groups in total. The third-order valence-electron chi connectivity index (χ3n) is 4.03. The molecule has 0 bridgehead atoms. The summed E-state index contributed by atoms with van der Waals surface area (Å²) in [6.45, 7) is 3.71. The molecule has 0 spiro atoms. The fourth-order valence-electron chi connectivity index (χ4n) is 2.57. The third-order valence-corrected chi connectivity index (χ3v) is 4.56. The molecule has 1 heterocycles. The lowest BCUT2D eigenvalue weighted by molar-refractivity contribution is 0.0518. The van der Waals surface area contributed by atoms with Gasteiger partial charge in [-0.3, -0.25) is 9.59 Å². The Morgan fingerprint density at radius 1 is 1.10 bits per heavy atom. The van der Waals surface area contributed by atoms with Gasteiger partial charge in [0.1, 0.15) is 0 Å². The predicted octanol–water partition coefficient (Wildman–Crippen LogP) is 3.73. The van der Waals surface area contributed by atoms with Gasteiger partial charge in [0.05, 0.1) is 18.0 Å². The number of anilines is 1. The second-order valence-corrected chi connectivity index (χ2v) is 7.09. The maximum absolute atomic E-state index is 12.6. The van der Waals surface area contributed by atoms with E-state index in [9.17, 15) is 14.4 Å². The van der Waals surface area contributed by atoms with Crippen LogP contribution in [0.2, 0.25) is 0 Å². The average Bonchev–Trinajstić information content (AvgIpc) is 2.69. The molecule has 0 saturated heterocycles. The van der Waals surface area contributed by atoms with Gasteiger partial charge < -0.3 is 10.1 Å². The highest BCUT2D eigenvalue weighted by Gasteiger charge is 2.20. The quantitative estimate of drug-likeness (QED) is 0.591. The van der Waals surface area contributed by atoms with Crippen LogP contribution < -0.4 is 10.9 Å². The Morgan fingerprint density at radius 3 is 2.38 bits per heavy atom. The van der Waals surface area contributed by atoms with Crippen LogP contribution in [0.25, 0.3) is 5.69 Å². The molecule has 8 heteroatoms. The largest absolute Gasteiger partial charge is 0.461 e. The van der Waals surface area contributed by atoms with E-state index in [4.69, 9.17) is 4.74 Å². The van der Waals surface area contributed by atoms with Crippen LogP contribution >= 0.6 is 15.9 Å². The first-order chi connectivity index (χ1) is 13.9. The van der Waals surface area contributed by atoms with Crippen molar-refractivity contribution in [3.63, 3.8) is 0 Å². The topological polar surface area (TPSA) is 90.3 Å². The van der Waals surface area contributed by atoms with Gasteiger partial charge in [-0.05, 0) is 50.2 Å². The van der Waals surface area contributed by atoms with Crippen LogP contribution in [0.1, 0.15) is 33.3 Å². The minimum atomic E-state index is -0.737. The average molecular weight is 456 g/mol. The number of esters is 1. The van der Waals surface area contributed by atoms with Gasteiger partial charge in [0.15, 0.2) is 5.69 Å². The summed E-state index contributed by atoms with van der Waals surface area (Å²) in [4.78, 5) is 37.6. The van der Waals surface area contributed by atoms with Gasteiger partial charge >= 0.3 is 5.97 Å². The number of carbonyl (C=O) groups is 2. The van der Waals surface area contributed by atoms with Gasteiger partial charge in [0.2, 0.25) is 0 Å². The van der Waals surface area contributed by atoms with Gasteiger partial charge in [-0.15, -0.1) is 0 Å². The van der Waals surface area contributed by atoms with Crippen LogP contribution in [0.15, 0.2) is 63.9 Å². The molecular formula is C21H18BrN3O4. The molecule has 0 atom stereocenters. The number of nitrogens with one attached hydrogen (secondary N) is 1. The maximum Gasteiger partial charge on any atom is 0.360 e. The number of amides is 1. The van der Waals surface area contributed by atoms with Crippen molar-refractivity contribution in [3.05, 3.63) is 86.2 Å². The zero-order valence-electron chi connectivity index (χ0n) is 15.8. The normalized spacial score (nSPS) is 10.4. The highest BCUT2D eigenvalue weighted by molar-refractivity contribution is 9.10. The molecule has 3 aromatic rings. The third kappa shape index (κ3) is 4.78. The molecule has 1 amide bonds. The van der Waals surface area contributed by atoms with E-state index < -0.39 is 17.4 Å². The molecule has 148 valence electrons. The summed E-state index contributed by atoms with van der Waals surface area (Å²) in [6.07, 6.45) is 0. The van der Waals surface area contributed by atoms with Crippen LogP contribution in [0.3, 0.4) is 0 Å². The molecule has 0 aliphatic rings. The van der Waals surface area contributed by atoms with Crippen LogP contribution in [-0.2, 0) is 4.74 Å². The highest BCUT2D eigenvalue weighted by Crippen LogP contribution is 2.17. The summed E-state index contributed by atoms with van der Waals surface area (Å²) in [6, 6.07) is 14.9. The lowest BCUT2D eigenvalue weighted by Gasteiger charge is -2.12. The smallest absolute Gasteiger partial charge is 0.360 e. The Hall–Kier alpha value is -3.26. The first kappa shape index (κ1) is 20.5. The zero-order chi connectivity index (χ0) is 21.0. The van der Waals surface area contributed by atoms with Crippen LogP contribution in [0.4, 0.5) is 5.69 Å². The number of carbonyl (C=O) groups excluding carboxylic acids is 2. The molecule has 0 unspecified atom stereocenters. The lowest BCUT2D eigenvalue weighted by atomic mass is 10.2. The van der Waals surface area contributed by atoms with Crippen LogP contribution in [-0.4, -0.2) is 28.3 Å². The van der Waals surface area contributed by atoms with E-state index in [-0.39, 0.29) is 18.0 Å². The van der Waals surface area contributed by atoms with E-state index in [1.165, 1.54) is 0 Å². The molecule has 0 aliphatic heterocycles. The molecular weight excluding hydrogens is 438 g/mol. The maximum atomic E-state index is 12.6. The monoisotopic (exact) mass is 455 g/mol. The Labute approximate surface area is 175 Å². The summed E-state index contributed by atoms with van der Waals surface area (Å²) >= 11 is 3.31. The highest BCUT2D eigenvalue weighted by atomic mass is 79.9. The first-order valence-electron chi connectivity index (χ1n) is 8.84. The van der Waals surface area contributed by atoms with Crippen LogP contribution in [0, 0.1) is 6.92 Å². The Balaban J connectivity index is 2.03. The summed E-state index contributed by atoms with van der Waals surface area (Å²) in [5.41, 5.74) is 1.23. The van der Waals surface area contributed by atoms with E-state index >= 15 is 0 Å². The molecule has 2 aromatic carbocycles. The number of aryl methyl sites for hydroxylation is 1. The molecule has 0 saturated carbocycles. The van der Waals surface area contributed by atoms with Gasteiger partial charge in [0, 0.05) is 16.1 Å². The van der Waals surface area contributed by atoms with Gasteiger partial charge in [-0.1, -0.05) is 33.6 Å². The van der Waals surface area contributed by atoms with E-state index in [0.717, 1.165) is 20.8 Å². The van der Waals surface area contributed by atoms with Crippen molar-refractivity contribution < 1.29 is 14.3 Å². The van der Waals surface area contributed by atoms with E-state index in [2.05, 4.69) is 26.3 Å². The number of hydrogen-bond donors (Lipinski definition) is 1. The molecule has 1 aromatic heterocycles. The fraction of sp³-hybridized carbons (Fsp3) is 0.143. The molecule has 3 rings (SSSR count). The molecule has 0 fully saturated rings. The standard InChI is InChI=1S/C21H18BrN3O4/c1-3-29-21(28)19-17(23-20(27)14-6-8-15(22)9-7-14)12-18(26)25(24-19)16-10-4-13(2)5-11-16/h4-12H,3H2,1-2H3,(H,23,27). The minimum absolute atomic E-state index is 0.00951. The number of benzene rings is 2. The predicted molar refractivity (Wildman–Crippen MR) is 113 cm³/mol. The summed E-state index contributed by atoms with van der Waals surface area (Å²) in [5, 5.41) is 6.74. The Kier molecular flexibility index (Phi) is 6.23. The van der Waals surface area contributed by atoms with Crippen molar-refractivity contribution in [2.75, 3.05) is 11.9 Å². The summed E-state index contributed by atoms with van der Waals surface area (Å²) in [5.74, 6) is -1.21. The van der Waals surface area contributed by atoms with Crippen molar-refractivity contribution in [2.24, 2.45) is 0 Å². The molecule has 7 nitrogen and oxygen atoms in total. The SMILES string of the molecule is CCOC(=O)c1nn(-c2ccc(C)cc2)c(=O)cc1NC(=O)c1ccc(Br)cc1. The first-order valence-corrected chi connectivity index (χ1v) is 9.64. The number of nitrogens with zero attached hydrogens (tertiary/aromatic N) is 2. The van der Waals surface area contributed by atoms with Gasteiger partial charge in [0.25, 0.3) is 11.5 Å². The Bertz CT molecular complexity index is 1110. The van der Waals surface area contributed by atoms with Gasteiger partial charge in [-0.2, -0.15) is 9.78 Å². The van der Waals surface area contributed by atoms with Crippen molar-refractivity contribution >= 4 is 33.5 Å². The second kappa shape index (κ2) is 8.83. The second-order valence-electron chi connectivity index (χ2n) is 6.17. The van der Waals surface area contributed by atoms with Crippen molar-refractivity contribution in [1.29, 1.82) is 0 Å². The van der Waals surface area contributed by atoms with Gasteiger partial charge in [-0.25, -0.2) is 4.79 Å². The van der Waals surface area contributed by atoms with Crippen molar-refractivity contribution in [3.8, 4) is 5.69 Å². The number of ether oxygens (including phenoxy) is 1. The summed E-state index contributed by atoms with van der Waals surface area (Å²) in [7, 11) is 0. The van der Waals surface area contributed by atoms with Crippen molar-refractivity contribution in [2.45, 2.75) is 13.8 Å².